The van der Waals surface area contributed by atoms with E-state index in [-0.39, 0.29) is 21.5 Å². The Kier molecular flexibility index (Phi) is 5.83. The van der Waals surface area contributed by atoms with Gasteiger partial charge < -0.3 is 10.6 Å². The van der Waals surface area contributed by atoms with E-state index in [1.54, 1.807) is 31.2 Å². The van der Waals surface area contributed by atoms with Crippen LogP contribution in [0.25, 0.3) is 16.6 Å². The van der Waals surface area contributed by atoms with Gasteiger partial charge in [0.2, 0.25) is 20.8 Å². The number of benzene rings is 2. The fraction of sp³-hybridized carbons (Fsp3) is 0.360. The summed E-state index contributed by atoms with van der Waals surface area (Å²) in [6.07, 6.45) is 0. The van der Waals surface area contributed by atoms with Crippen LogP contribution in [0.15, 0.2) is 51.1 Å². The van der Waals surface area contributed by atoms with Gasteiger partial charge in [0.15, 0.2) is 5.65 Å². The summed E-state index contributed by atoms with van der Waals surface area (Å²) in [7, 11) is -4.03. The van der Waals surface area contributed by atoms with Gasteiger partial charge in [0.05, 0.1) is 21.3 Å². The number of aromatic nitrogens is 4. The van der Waals surface area contributed by atoms with Crippen molar-refractivity contribution in [1.29, 1.82) is 0 Å². The SMILES string of the molecule is Cc1ccc(S(=O)(=O)c2n[nH]n3c2nc(=O)c2ccc(N4CCN(C(C)(C)C(N)=O)CC4)cc23)c(C)c1. The van der Waals surface area contributed by atoms with Crippen molar-refractivity contribution >= 4 is 38.0 Å². The lowest BCUT2D eigenvalue weighted by atomic mass is 10.0. The lowest BCUT2D eigenvalue weighted by Gasteiger charge is -2.43. The Morgan fingerprint density at radius 3 is 2.41 bits per heavy atom. The van der Waals surface area contributed by atoms with Gasteiger partial charge in [-0.3, -0.25) is 14.5 Å². The Morgan fingerprint density at radius 2 is 1.76 bits per heavy atom. The topological polar surface area (TPSA) is 147 Å². The summed E-state index contributed by atoms with van der Waals surface area (Å²) in [5.74, 6) is -0.369. The Bertz CT molecular complexity index is 1710. The van der Waals surface area contributed by atoms with E-state index in [2.05, 4.69) is 25.1 Å². The molecule has 12 heteroatoms. The van der Waals surface area contributed by atoms with Crippen LogP contribution in [0.4, 0.5) is 5.69 Å². The highest BCUT2D eigenvalue weighted by molar-refractivity contribution is 7.91. The number of nitrogens with one attached hydrogen (secondary N) is 1. The minimum atomic E-state index is -4.03. The highest BCUT2D eigenvalue weighted by Crippen LogP contribution is 2.28. The molecule has 1 amide bonds. The maximum absolute atomic E-state index is 13.5. The van der Waals surface area contributed by atoms with Gasteiger partial charge in [-0.05, 0) is 57.5 Å². The number of H-pyrrole nitrogens is 1. The van der Waals surface area contributed by atoms with Crippen molar-refractivity contribution in [3.8, 4) is 0 Å². The molecule has 0 atom stereocenters. The normalized spacial score (nSPS) is 15.5. The predicted octanol–water partition coefficient (Wildman–Crippen LogP) is 1.41. The monoisotopic (exact) mass is 523 g/mol. The van der Waals surface area contributed by atoms with E-state index in [0.29, 0.717) is 42.6 Å². The number of primary amides is 1. The number of piperazine rings is 1. The van der Waals surface area contributed by atoms with Crippen LogP contribution in [0.1, 0.15) is 25.0 Å². The summed E-state index contributed by atoms with van der Waals surface area (Å²) in [6, 6.07) is 10.4. The average molecular weight is 524 g/mol. The van der Waals surface area contributed by atoms with Crippen LogP contribution in [-0.2, 0) is 14.6 Å². The van der Waals surface area contributed by atoms with Crippen molar-refractivity contribution in [3.63, 3.8) is 0 Å². The molecule has 4 aromatic rings. The first-order chi connectivity index (χ1) is 17.4. The number of rotatable bonds is 5. The van der Waals surface area contributed by atoms with E-state index in [1.807, 2.05) is 32.9 Å². The lowest BCUT2D eigenvalue weighted by molar-refractivity contribution is -0.128. The number of sulfone groups is 1. The Labute approximate surface area is 213 Å². The molecule has 3 heterocycles. The van der Waals surface area contributed by atoms with Crippen molar-refractivity contribution in [3.05, 3.63) is 57.9 Å². The highest BCUT2D eigenvalue weighted by Gasteiger charge is 2.35. The molecule has 2 aromatic heterocycles. The lowest BCUT2D eigenvalue weighted by Crippen LogP contribution is -2.59. The molecule has 1 aliphatic heterocycles. The van der Waals surface area contributed by atoms with E-state index >= 15 is 0 Å². The van der Waals surface area contributed by atoms with E-state index in [0.717, 1.165) is 11.3 Å². The second-order valence-corrected chi connectivity index (χ2v) is 11.8. The van der Waals surface area contributed by atoms with Crippen molar-refractivity contribution in [1.82, 2.24) is 24.7 Å². The van der Waals surface area contributed by atoms with Crippen LogP contribution in [0, 0.1) is 13.8 Å². The number of aromatic amines is 1. The van der Waals surface area contributed by atoms with Gasteiger partial charge in [0.25, 0.3) is 5.56 Å². The van der Waals surface area contributed by atoms with Crippen LogP contribution in [-0.4, -0.2) is 70.8 Å². The largest absolute Gasteiger partial charge is 0.369 e. The molecule has 11 nitrogen and oxygen atoms in total. The molecule has 0 bridgehead atoms. The Balaban J connectivity index is 1.55. The van der Waals surface area contributed by atoms with Crippen molar-refractivity contribution in [2.45, 2.75) is 43.2 Å². The fourth-order valence-electron chi connectivity index (χ4n) is 4.86. The first-order valence-electron chi connectivity index (χ1n) is 11.9. The first-order valence-corrected chi connectivity index (χ1v) is 13.4. The van der Waals surface area contributed by atoms with Crippen molar-refractivity contribution < 1.29 is 13.2 Å². The smallest absolute Gasteiger partial charge is 0.281 e. The number of hydrogen-bond acceptors (Lipinski definition) is 8. The summed E-state index contributed by atoms with van der Waals surface area (Å²) in [4.78, 5) is 33.1. The molecule has 1 saturated heterocycles. The maximum atomic E-state index is 13.5. The molecule has 0 saturated carbocycles. The number of aryl methyl sites for hydroxylation is 2. The molecule has 1 fully saturated rings. The zero-order valence-electron chi connectivity index (χ0n) is 21.1. The van der Waals surface area contributed by atoms with Gasteiger partial charge in [-0.2, -0.15) is 4.98 Å². The number of amides is 1. The van der Waals surface area contributed by atoms with Gasteiger partial charge in [-0.1, -0.05) is 17.7 Å². The molecule has 2 aromatic carbocycles. The molecule has 0 aliphatic carbocycles. The third-order valence-electron chi connectivity index (χ3n) is 7.23. The summed E-state index contributed by atoms with van der Waals surface area (Å²) in [5.41, 5.74) is 7.11. The highest BCUT2D eigenvalue weighted by atomic mass is 32.2. The van der Waals surface area contributed by atoms with Gasteiger partial charge in [-0.15, -0.1) is 5.10 Å². The zero-order valence-corrected chi connectivity index (χ0v) is 22.0. The second kappa shape index (κ2) is 8.67. The number of nitrogens with two attached hydrogens (primary N) is 1. The van der Waals surface area contributed by atoms with Gasteiger partial charge in [-0.25, -0.2) is 18.1 Å². The van der Waals surface area contributed by atoms with E-state index in [1.165, 1.54) is 4.52 Å². The van der Waals surface area contributed by atoms with Crippen LogP contribution in [0.3, 0.4) is 0 Å². The number of hydrogen-bond donors (Lipinski definition) is 2. The summed E-state index contributed by atoms with van der Waals surface area (Å²) in [5, 5.41) is 6.86. The molecule has 194 valence electrons. The first kappa shape index (κ1) is 24.9. The van der Waals surface area contributed by atoms with Gasteiger partial charge in [0.1, 0.15) is 0 Å². The molecule has 0 spiro atoms. The minimum absolute atomic E-state index is 0.0531. The van der Waals surface area contributed by atoms with Gasteiger partial charge in [0, 0.05) is 31.9 Å². The second-order valence-electron chi connectivity index (χ2n) is 9.96. The van der Waals surface area contributed by atoms with Crippen LogP contribution in [0.2, 0.25) is 0 Å². The Hall–Kier alpha value is -3.77. The third kappa shape index (κ3) is 4.05. The molecule has 3 N–H and O–H groups in total. The van der Waals surface area contributed by atoms with Gasteiger partial charge >= 0.3 is 0 Å². The van der Waals surface area contributed by atoms with E-state index in [9.17, 15) is 18.0 Å². The molecule has 0 unspecified atom stereocenters. The van der Waals surface area contributed by atoms with Crippen LogP contribution < -0.4 is 16.2 Å². The molecular formula is C25H29N7O4S. The van der Waals surface area contributed by atoms with Crippen molar-refractivity contribution in [2.75, 3.05) is 31.1 Å². The molecule has 1 aliphatic rings. The number of fused-ring (bicyclic) bond motifs is 3. The van der Waals surface area contributed by atoms with Crippen molar-refractivity contribution in [2.24, 2.45) is 5.73 Å². The standard InChI is InChI=1S/C25H29N7O4S/c1-15-5-8-20(16(2)13-15)37(35,36)23-21-27-22(33)18-7-6-17(14-19(18)32(21)29-28-23)30-9-11-31(12-10-30)25(3,4)24(26)34/h5-8,13-14,29H,9-12H2,1-4H3,(H2,26,34). The van der Waals surface area contributed by atoms with Crippen LogP contribution in [0.5, 0.6) is 0 Å². The number of anilines is 1. The molecule has 5 rings (SSSR count). The summed E-state index contributed by atoms with van der Waals surface area (Å²) < 4.78 is 28.4. The number of nitrogens with zero attached hydrogens (tertiary/aromatic N) is 5. The molecular weight excluding hydrogens is 494 g/mol. The molecule has 37 heavy (non-hydrogen) atoms. The minimum Gasteiger partial charge on any atom is -0.369 e. The van der Waals surface area contributed by atoms with E-state index in [4.69, 9.17) is 5.73 Å². The molecule has 0 radical (unpaired) electrons. The van der Waals surface area contributed by atoms with E-state index < -0.39 is 20.9 Å². The maximum Gasteiger partial charge on any atom is 0.281 e. The summed E-state index contributed by atoms with van der Waals surface area (Å²) >= 11 is 0. The van der Waals surface area contributed by atoms with Crippen LogP contribution >= 0.6 is 0 Å². The third-order valence-corrected chi connectivity index (χ3v) is 9.05. The zero-order chi connectivity index (χ0) is 26.7. The Morgan fingerprint density at radius 1 is 1.05 bits per heavy atom. The summed E-state index contributed by atoms with van der Waals surface area (Å²) in [6.45, 7) is 9.83. The number of carbonyl (C=O) groups is 1. The predicted molar refractivity (Wildman–Crippen MR) is 140 cm³/mol. The number of carbonyl (C=O) groups excluding carboxylic acids is 1. The average Bonchev–Trinajstić information content (AvgIpc) is 3.28. The quantitative estimate of drug-likeness (QED) is 0.399. The fourth-order valence-corrected chi connectivity index (χ4v) is 6.33.